The molecule has 0 aromatic rings. The average molecular weight is 337 g/mol. The van der Waals surface area contributed by atoms with Gasteiger partial charge < -0.3 is 4.74 Å². The van der Waals surface area contributed by atoms with Gasteiger partial charge in [0.15, 0.2) is 0 Å². The molecule has 22 heavy (non-hydrogen) atoms. The first-order chi connectivity index (χ1) is 10.1. The number of esters is 1. The van der Waals surface area contributed by atoms with Crippen LogP contribution < -0.4 is 4.72 Å². The Labute approximate surface area is 129 Å². The standard InChI is InChI=1S/C14H21F2NO4S/c1-10-6-11-4-3-5-13(7-10,8-11)9-21-12(18)14(15,16)22(19,20)17-2/h6,10,17H,3-5,7-9H2,1-2H3. The maximum Gasteiger partial charge on any atom is 0.454 e. The van der Waals surface area contributed by atoms with Gasteiger partial charge in [0.2, 0.25) is 0 Å². The molecule has 2 rings (SSSR count). The fourth-order valence-electron chi connectivity index (χ4n) is 3.53. The highest BCUT2D eigenvalue weighted by Crippen LogP contribution is 2.48. The third kappa shape index (κ3) is 3.17. The Hall–Kier alpha value is -1.02. The number of nitrogens with one attached hydrogen (secondary N) is 1. The molecule has 5 nitrogen and oxygen atoms in total. The van der Waals surface area contributed by atoms with Crippen molar-refractivity contribution < 1.29 is 26.7 Å². The second kappa shape index (κ2) is 5.88. The predicted molar refractivity (Wildman–Crippen MR) is 76.7 cm³/mol. The van der Waals surface area contributed by atoms with E-state index in [1.165, 1.54) is 10.3 Å². The smallest absolute Gasteiger partial charge is 0.454 e. The highest BCUT2D eigenvalue weighted by molar-refractivity contribution is 7.91. The summed E-state index contributed by atoms with van der Waals surface area (Å²) in [6, 6.07) is 0. The Kier molecular flexibility index (Phi) is 4.64. The Morgan fingerprint density at radius 1 is 1.55 bits per heavy atom. The minimum absolute atomic E-state index is 0.164. The van der Waals surface area contributed by atoms with E-state index in [1.807, 2.05) is 6.92 Å². The summed E-state index contributed by atoms with van der Waals surface area (Å²) < 4.78 is 55.8. The molecule has 2 aliphatic carbocycles. The first-order valence-corrected chi connectivity index (χ1v) is 8.78. The van der Waals surface area contributed by atoms with E-state index < -0.39 is 21.2 Å². The number of hydrogen-bond donors (Lipinski definition) is 1. The van der Waals surface area contributed by atoms with Crippen LogP contribution in [0.4, 0.5) is 8.78 Å². The molecule has 0 heterocycles. The van der Waals surface area contributed by atoms with Crippen molar-refractivity contribution in [2.24, 2.45) is 11.3 Å². The minimum Gasteiger partial charge on any atom is -0.460 e. The molecule has 126 valence electrons. The first kappa shape index (κ1) is 17.3. The van der Waals surface area contributed by atoms with Crippen molar-refractivity contribution in [1.82, 2.24) is 4.72 Å². The minimum atomic E-state index is -5.05. The molecule has 2 atom stereocenters. The molecule has 0 aromatic heterocycles. The average Bonchev–Trinajstić information content (AvgIpc) is 2.43. The van der Waals surface area contributed by atoms with Crippen LogP contribution in [0.5, 0.6) is 0 Å². The number of fused-ring (bicyclic) bond motifs is 2. The van der Waals surface area contributed by atoms with Crippen molar-refractivity contribution in [2.75, 3.05) is 13.7 Å². The quantitative estimate of drug-likeness (QED) is 0.617. The molecular weight excluding hydrogens is 316 g/mol. The van der Waals surface area contributed by atoms with Gasteiger partial charge in [0.05, 0.1) is 6.61 Å². The van der Waals surface area contributed by atoms with Crippen LogP contribution in [0.15, 0.2) is 11.6 Å². The lowest BCUT2D eigenvalue weighted by Gasteiger charge is -2.43. The lowest BCUT2D eigenvalue weighted by Crippen LogP contribution is -2.46. The molecule has 1 fully saturated rings. The van der Waals surface area contributed by atoms with E-state index >= 15 is 0 Å². The second-order valence-corrected chi connectivity index (χ2v) is 8.26. The van der Waals surface area contributed by atoms with Crippen LogP contribution in [0.2, 0.25) is 0 Å². The van der Waals surface area contributed by atoms with Crippen LogP contribution >= 0.6 is 0 Å². The molecule has 0 saturated heterocycles. The lowest BCUT2D eigenvalue weighted by atomic mass is 9.64. The van der Waals surface area contributed by atoms with Gasteiger partial charge in [-0.2, -0.15) is 8.78 Å². The van der Waals surface area contributed by atoms with Crippen molar-refractivity contribution in [2.45, 2.75) is 44.3 Å². The molecule has 0 aliphatic heterocycles. The molecule has 0 amide bonds. The van der Waals surface area contributed by atoms with Crippen LogP contribution in [0, 0.1) is 11.3 Å². The highest BCUT2D eigenvalue weighted by atomic mass is 32.2. The van der Waals surface area contributed by atoms with Crippen molar-refractivity contribution in [3.05, 3.63) is 11.6 Å². The fourth-order valence-corrected chi connectivity index (χ4v) is 4.07. The third-order valence-corrected chi connectivity index (χ3v) is 5.81. The molecule has 0 spiro atoms. The third-order valence-electron chi connectivity index (χ3n) is 4.44. The van der Waals surface area contributed by atoms with Crippen LogP contribution in [0.3, 0.4) is 0 Å². The van der Waals surface area contributed by atoms with E-state index in [0.717, 1.165) is 39.2 Å². The topological polar surface area (TPSA) is 72.5 Å². The van der Waals surface area contributed by atoms with Gasteiger partial charge in [-0.1, -0.05) is 18.6 Å². The number of carbonyl (C=O) groups excluding carboxylic acids is 1. The summed E-state index contributed by atoms with van der Waals surface area (Å²) in [7, 11) is -4.22. The molecule has 1 N–H and O–H groups in total. The monoisotopic (exact) mass is 337 g/mol. The largest absolute Gasteiger partial charge is 0.460 e. The number of carbonyl (C=O) groups is 1. The molecule has 2 bridgehead atoms. The number of sulfonamides is 1. The van der Waals surface area contributed by atoms with Gasteiger partial charge in [-0.25, -0.2) is 17.9 Å². The van der Waals surface area contributed by atoms with Crippen molar-refractivity contribution in [3.63, 3.8) is 0 Å². The maximum atomic E-state index is 13.6. The Morgan fingerprint density at radius 3 is 2.86 bits per heavy atom. The van der Waals surface area contributed by atoms with Crippen LogP contribution in [0.1, 0.15) is 39.0 Å². The Morgan fingerprint density at radius 2 is 2.23 bits per heavy atom. The number of rotatable bonds is 5. The summed E-state index contributed by atoms with van der Waals surface area (Å²) in [6.45, 7) is 1.88. The van der Waals surface area contributed by atoms with Crippen molar-refractivity contribution in [3.8, 4) is 0 Å². The highest BCUT2D eigenvalue weighted by Gasteiger charge is 2.54. The number of alkyl halides is 2. The van der Waals surface area contributed by atoms with E-state index in [2.05, 4.69) is 6.08 Å². The first-order valence-electron chi connectivity index (χ1n) is 7.30. The van der Waals surface area contributed by atoms with Gasteiger partial charge in [0.1, 0.15) is 0 Å². The second-order valence-electron chi connectivity index (χ2n) is 6.34. The van der Waals surface area contributed by atoms with Gasteiger partial charge in [-0.15, -0.1) is 0 Å². The van der Waals surface area contributed by atoms with Crippen LogP contribution in [-0.2, 0) is 19.6 Å². The predicted octanol–water partition coefficient (Wildman–Crippen LogP) is 2.20. The van der Waals surface area contributed by atoms with Gasteiger partial charge in [-0.3, -0.25) is 0 Å². The summed E-state index contributed by atoms with van der Waals surface area (Å²) in [5.41, 5.74) is 0.937. The zero-order chi connectivity index (χ0) is 16.6. The summed E-state index contributed by atoms with van der Waals surface area (Å²) in [5.74, 6) is -1.70. The van der Waals surface area contributed by atoms with Crippen LogP contribution in [-0.4, -0.2) is 33.3 Å². The summed E-state index contributed by atoms with van der Waals surface area (Å²) in [5, 5.41) is -4.58. The van der Waals surface area contributed by atoms with E-state index in [1.54, 1.807) is 0 Å². The van der Waals surface area contributed by atoms with E-state index in [-0.39, 0.29) is 12.0 Å². The van der Waals surface area contributed by atoms with E-state index in [4.69, 9.17) is 4.74 Å². The van der Waals surface area contributed by atoms with Crippen LogP contribution in [0.25, 0.3) is 0 Å². The summed E-state index contributed by atoms with van der Waals surface area (Å²) in [6.07, 6.45) is 6.40. The van der Waals surface area contributed by atoms with Crippen molar-refractivity contribution >= 4 is 16.0 Å². The van der Waals surface area contributed by atoms with Gasteiger partial charge in [0, 0.05) is 5.41 Å². The Bertz CT molecular complexity index is 588. The molecule has 8 heteroatoms. The molecular formula is C14H21F2NO4S. The van der Waals surface area contributed by atoms with Crippen molar-refractivity contribution in [1.29, 1.82) is 0 Å². The van der Waals surface area contributed by atoms with Gasteiger partial charge >= 0.3 is 11.2 Å². The number of hydrogen-bond acceptors (Lipinski definition) is 4. The van der Waals surface area contributed by atoms with E-state index in [9.17, 15) is 22.0 Å². The number of ether oxygens (including phenoxy) is 1. The zero-order valence-electron chi connectivity index (χ0n) is 12.7. The summed E-state index contributed by atoms with van der Waals surface area (Å²) >= 11 is 0. The lowest BCUT2D eigenvalue weighted by molar-refractivity contribution is -0.165. The summed E-state index contributed by atoms with van der Waals surface area (Å²) in [4.78, 5) is 11.5. The molecule has 1 saturated carbocycles. The maximum absolute atomic E-state index is 13.6. The SMILES string of the molecule is CNS(=O)(=O)C(F)(F)C(=O)OCC12CCCC(=CC(C)C1)C2. The normalized spacial score (nSPS) is 28.9. The molecule has 2 unspecified atom stereocenters. The van der Waals surface area contributed by atoms with Gasteiger partial charge in [0.25, 0.3) is 10.0 Å². The van der Waals surface area contributed by atoms with Gasteiger partial charge in [-0.05, 0) is 45.1 Å². The Balaban J connectivity index is 2.07. The number of allylic oxidation sites excluding steroid dienone is 2. The van der Waals surface area contributed by atoms with E-state index in [0.29, 0.717) is 5.92 Å². The molecule has 0 radical (unpaired) electrons. The molecule has 2 aliphatic rings. The fraction of sp³-hybridized carbons (Fsp3) is 0.786. The zero-order valence-corrected chi connectivity index (χ0v) is 13.5. The molecule has 0 aromatic carbocycles. The number of halogens is 2.